The summed E-state index contributed by atoms with van der Waals surface area (Å²) in [7, 11) is 0. The Kier molecular flexibility index (Phi) is 4.33. The molecule has 0 amide bonds. The second-order valence-corrected chi connectivity index (χ2v) is 4.38. The lowest BCUT2D eigenvalue weighted by Crippen LogP contribution is -2.14. The van der Waals surface area contributed by atoms with Crippen molar-refractivity contribution in [1.82, 2.24) is 9.97 Å². The van der Waals surface area contributed by atoms with Crippen molar-refractivity contribution in [2.75, 3.05) is 0 Å². The Labute approximate surface area is 102 Å². The SMILES string of the molecule is CC(C)CC(N)c1nc2ccccc2[nH]1.Cl. The molecule has 1 atom stereocenters. The van der Waals surface area contributed by atoms with E-state index in [-0.39, 0.29) is 18.4 Å². The molecule has 3 nitrogen and oxygen atoms in total. The summed E-state index contributed by atoms with van der Waals surface area (Å²) in [6.07, 6.45) is 0.958. The molecule has 0 bridgehead atoms. The van der Waals surface area contributed by atoms with Gasteiger partial charge < -0.3 is 10.7 Å². The molecule has 0 saturated carbocycles. The Morgan fingerprint density at radius 1 is 1.31 bits per heavy atom. The fourth-order valence-electron chi connectivity index (χ4n) is 1.77. The van der Waals surface area contributed by atoms with Crippen LogP contribution in [0.15, 0.2) is 24.3 Å². The third-order valence-corrected chi connectivity index (χ3v) is 2.48. The van der Waals surface area contributed by atoms with Gasteiger partial charge in [0, 0.05) is 0 Å². The van der Waals surface area contributed by atoms with Crippen LogP contribution in [0, 0.1) is 5.92 Å². The van der Waals surface area contributed by atoms with E-state index in [9.17, 15) is 0 Å². The normalized spacial score (nSPS) is 12.8. The van der Waals surface area contributed by atoms with Crippen LogP contribution in [0.3, 0.4) is 0 Å². The van der Waals surface area contributed by atoms with E-state index in [2.05, 4.69) is 23.8 Å². The minimum absolute atomic E-state index is 0. The summed E-state index contributed by atoms with van der Waals surface area (Å²) in [6, 6.07) is 8.02. The molecule has 2 rings (SSSR count). The van der Waals surface area contributed by atoms with Gasteiger partial charge in [-0.3, -0.25) is 0 Å². The molecule has 0 spiro atoms. The summed E-state index contributed by atoms with van der Waals surface area (Å²) >= 11 is 0. The van der Waals surface area contributed by atoms with E-state index >= 15 is 0 Å². The molecule has 16 heavy (non-hydrogen) atoms. The molecule has 0 saturated heterocycles. The minimum Gasteiger partial charge on any atom is -0.341 e. The molecule has 0 fully saturated rings. The summed E-state index contributed by atoms with van der Waals surface area (Å²) in [5.41, 5.74) is 8.12. The van der Waals surface area contributed by atoms with E-state index in [4.69, 9.17) is 5.73 Å². The Morgan fingerprint density at radius 2 is 2.00 bits per heavy atom. The zero-order valence-corrected chi connectivity index (χ0v) is 10.4. The number of nitrogens with zero attached hydrogens (tertiary/aromatic N) is 1. The van der Waals surface area contributed by atoms with Crippen molar-refractivity contribution in [2.24, 2.45) is 11.7 Å². The van der Waals surface area contributed by atoms with Gasteiger partial charge in [0.05, 0.1) is 17.1 Å². The second-order valence-electron chi connectivity index (χ2n) is 4.38. The van der Waals surface area contributed by atoms with Gasteiger partial charge in [-0.15, -0.1) is 12.4 Å². The number of H-pyrrole nitrogens is 1. The number of hydrogen-bond acceptors (Lipinski definition) is 2. The fourth-order valence-corrected chi connectivity index (χ4v) is 1.77. The largest absolute Gasteiger partial charge is 0.341 e. The highest BCUT2D eigenvalue weighted by molar-refractivity contribution is 5.85. The first-order chi connectivity index (χ1) is 7.16. The smallest absolute Gasteiger partial charge is 0.124 e. The molecule has 1 aromatic carbocycles. The molecule has 4 heteroatoms. The first-order valence-electron chi connectivity index (χ1n) is 5.37. The fraction of sp³-hybridized carbons (Fsp3) is 0.417. The maximum absolute atomic E-state index is 6.07. The van der Waals surface area contributed by atoms with Gasteiger partial charge in [-0.05, 0) is 24.5 Å². The predicted molar refractivity (Wildman–Crippen MR) is 69.7 cm³/mol. The Balaban J connectivity index is 0.00000128. The van der Waals surface area contributed by atoms with Crippen molar-refractivity contribution >= 4 is 23.4 Å². The van der Waals surface area contributed by atoms with Crippen LogP contribution < -0.4 is 5.73 Å². The van der Waals surface area contributed by atoms with Gasteiger partial charge in [-0.25, -0.2) is 4.98 Å². The van der Waals surface area contributed by atoms with E-state index in [1.54, 1.807) is 0 Å². The van der Waals surface area contributed by atoms with E-state index in [0.717, 1.165) is 23.3 Å². The molecule has 0 aliphatic rings. The van der Waals surface area contributed by atoms with E-state index in [1.165, 1.54) is 0 Å². The first kappa shape index (κ1) is 13.0. The van der Waals surface area contributed by atoms with Gasteiger partial charge in [-0.2, -0.15) is 0 Å². The van der Waals surface area contributed by atoms with Gasteiger partial charge in [-0.1, -0.05) is 26.0 Å². The quantitative estimate of drug-likeness (QED) is 0.865. The molecule has 0 aliphatic heterocycles. The minimum atomic E-state index is 0. The number of aromatic nitrogens is 2. The van der Waals surface area contributed by atoms with Crippen molar-refractivity contribution in [3.05, 3.63) is 30.1 Å². The average molecular weight is 240 g/mol. The van der Waals surface area contributed by atoms with Crippen molar-refractivity contribution < 1.29 is 0 Å². The summed E-state index contributed by atoms with van der Waals surface area (Å²) in [5, 5.41) is 0. The number of fused-ring (bicyclic) bond motifs is 1. The number of para-hydroxylation sites is 2. The van der Waals surface area contributed by atoms with Crippen molar-refractivity contribution in [1.29, 1.82) is 0 Å². The van der Waals surface area contributed by atoms with Crippen molar-refractivity contribution in [2.45, 2.75) is 26.3 Å². The summed E-state index contributed by atoms with van der Waals surface area (Å²) in [5.74, 6) is 1.48. The van der Waals surface area contributed by atoms with Crippen LogP contribution in [0.1, 0.15) is 32.1 Å². The lowest BCUT2D eigenvalue weighted by molar-refractivity contribution is 0.496. The molecule has 1 aromatic heterocycles. The molecule has 1 heterocycles. The maximum Gasteiger partial charge on any atom is 0.124 e. The van der Waals surface area contributed by atoms with E-state index in [1.807, 2.05) is 24.3 Å². The molecular weight excluding hydrogens is 222 g/mol. The number of benzene rings is 1. The summed E-state index contributed by atoms with van der Waals surface area (Å²) < 4.78 is 0. The lowest BCUT2D eigenvalue weighted by atomic mass is 10.0. The molecule has 0 radical (unpaired) electrons. The Bertz CT molecular complexity index is 417. The highest BCUT2D eigenvalue weighted by Gasteiger charge is 2.12. The van der Waals surface area contributed by atoms with Crippen LogP contribution in [-0.2, 0) is 0 Å². The monoisotopic (exact) mass is 239 g/mol. The second kappa shape index (κ2) is 5.32. The summed E-state index contributed by atoms with van der Waals surface area (Å²) in [4.78, 5) is 7.75. The van der Waals surface area contributed by atoms with Crippen LogP contribution in [0.2, 0.25) is 0 Å². The van der Waals surface area contributed by atoms with E-state index in [0.29, 0.717) is 5.92 Å². The summed E-state index contributed by atoms with van der Waals surface area (Å²) in [6.45, 7) is 4.34. The average Bonchev–Trinajstić information content (AvgIpc) is 2.59. The van der Waals surface area contributed by atoms with Gasteiger partial charge in [0.1, 0.15) is 5.82 Å². The Morgan fingerprint density at radius 3 is 2.62 bits per heavy atom. The van der Waals surface area contributed by atoms with Crippen molar-refractivity contribution in [3.8, 4) is 0 Å². The van der Waals surface area contributed by atoms with Crippen LogP contribution in [-0.4, -0.2) is 9.97 Å². The molecular formula is C12H18ClN3. The van der Waals surface area contributed by atoms with Gasteiger partial charge in [0.25, 0.3) is 0 Å². The number of nitrogens with one attached hydrogen (secondary N) is 1. The highest BCUT2D eigenvalue weighted by Crippen LogP contribution is 2.19. The van der Waals surface area contributed by atoms with Crippen LogP contribution in [0.25, 0.3) is 11.0 Å². The standard InChI is InChI=1S/C12H17N3.ClH/c1-8(2)7-9(13)12-14-10-5-3-4-6-11(10)15-12;/h3-6,8-9H,7,13H2,1-2H3,(H,14,15);1H. The topological polar surface area (TPSA) is 54.7 Å². The number of imidazole rings is 1. The third-order valence-electron chi connectivity index (χ3n) is 2.48. The molecule has 1 unspecified atom stereocenters. The number of hydrogen-bond donors (Lipinski definition) is 2. The van der Waals surface area contributed by atoms with Crippen molar-refractivity contribution in [3.63, 3.8) is 0 Å². The molecule has 88 valence electrons. The number of rotatable bonds is 3. The number of halogens is 1. The van der Waals surface area contributed by atoms with Gasteiger partial charge >= 0.3 is 0 Å². The molecule has 3 N–H and O–H groups in total. The third kappa shape index (κ3) is 2.74. The lowest BCUT2D eigenvalue weighted by Gasteiger charge is -2.10. The first-order valence-corrected chi connectivity index (χ1v) is 5.37. The maximum atomic E-state index is 6.07. The van der Waals surface area contributed by atoms with Crippen LogP contribution in [0.5, 0.6) is 0 Å². The van der Waals surface area contributed by atoms with Crippen LogP contribution in [0.4, 0.5) is 0 Å². The predicted octanol–water partition coefficient (Wildman–Crippen LogP) is 3.03. The van der Waals surface area contributed by atoms with Gasteiger partial charge in [0.2, 0.25) is 0 Å². The van der Waals surface area contributed by atoms with Crippen LogP contribution >= 0.6 is 12.4 Å². The zero-order valence-electron chi connectivity index (χ0n) is 9.60. The number of aromatic amines is 1. The highest BCUT2D eigenvalue weighted by atomic mass is 35.5. The van der Waals surface area contributed by atoms with Gasteiger partial charge in [0.15, 0.2) is 0 Å². The zero-order chi connectivity index (χ0) is 10.8. The van der Waals surface area contributed by atoms with E-state index < -0.39 is 0 Å². The Hall–Kier alpha value is -1.06. The molecule has 2 aromatic rings. The molecule has 0 aliphatic carbocycles. The number of nitrogens with two attached hydrogens (primary N) is 1.